The number of hydrogen-bond donors (Lipinski definition) is 2. The van der Waals surface area contributed by atoms with Crippen LogP contribution in [0.4, 0.5) is 0 Å². The van der Waals surface area contributed by atoms with E-state index in [-0.39, 0.29) is 0 Å². The standard InChI is InChI=1S/C14H21N3S/c18-14(15-11-6-2-1-3-7-11)17-16-13-9-10-5-4-8-12(10)13/h4-5,10-12H,1-3,6-9H2,(H2,15,17,18)/b16-13-. The fraction of sp³-hybridized carbons (Fsp3) is 0.714. The Morgan fingerprint density at radius 2 is 2.11 bits per heavy atom. The molecule has 0 aromatic heterocycles. The van der Waals surface area contributed by atoms with Gasteiger partial charge in [0, 0.05) is 17.7 Å². The van der Waals surface area contributed by atoms with Crippen molar-refractivity contribution in [2.24, 2.45) is 16.9 Å². The summed E-state index contributed by atoms with van der Waals surface area (Å²) in [6.07, 6.45) is 13.4. The molecular weight excluding hydrogens is 242 g/mol. The van der Waals surface area contributed by atoms with Gasteiger partial charge in [-0.2, -0.15) is 5.10 Å². The molecule has 0 amide bonds. The van der Waals surface area contributed by atoms with Gasteiger partial charge in [-0.3, -0.25) is 5.43 Å². The topological polar surface area (TPSA) is 36.4 Å². The van der Waals surface area contributed by atoms with Crippen molar-refractivity contribution in [2.75, 3.05) is 0 Å². The summed E-state index contributed by atoms with van der Waals surface area (Å²) >= 11 is 5.30. The van der Waals surface area contributed by atoms with Gasteiger partial charge < -0.3 is 5.32 Å². The first-order chi connectivity index (χ1) is 8.83. The average Bonchev–Trinajstić information content (AvgIpc) is 2.72. The molecule has 0 bridgehead atoms. The van der Waals surface area contributed by atoms with Crippen LogP contribution in [-0.2, 0) is 0 Å². The summed E-state index contributed by atoms with van der Waals surface area (Å²) in [7, 11) is 0. The first kappa shape index (κ1) is 12.2. The monoisotopic (exact) mass is 263 g/mol. The summed E-state index contributed by atoms with van der Waals surface area (Å²) in [6, 6.07) is 0.557. The molecule has 3 aliphatic carbocycles. The minimum atomic E-state index is 0.557. The Morgan fingerprint density at radius 3 is 2.89 bits per heavy atom. The van der Waals surface area contributed by atoms with Gasteiger partial charge in [-0.25, -0.2) is 0 Å². The van der Waals surface area contributed by atoms with Crippen molar-refractivity contribution in [1.82, 2.24) is 10.7 Å². The van der Waals surface area contributed by atoms with E-state index in [1.165, 1.54) is 37.8 Å². The van der Waals surface area contributed by atoms with E-state index in [0.717, 1.165) is 18.8 Å². The second-order valence-electron chi connectivity index (χ2n) is 5.66. The Kier molecular flexibility index (Phi) is 3.64. The third-order valence-corrected chi connectivity index (χ3v) is 4.61. The highest BCUT2D eigenvalue weighted by Crippen LogP contribution is 2.39. The molecule has 2 N–H and O–H groups in total. The number of hydrazone groups is 1. The lowest BCUT2D eigenvalue weighted by molar-refractivity contribution is 0.412. The maximum atomic E-state index is 5.30. The molecule has 18 heavy (non-hydrogen) atoms. The largest absolute Gasteiger partial charge is 0.359 e. The molecule has 0 aromatic rings. The van der Waals surface area contributed by atoms with Crippen LogP contribution in [0.1, 0.15) is 44.9 Å². The molecule has 98 valence electrons. The van der Waals surface area contributed by atoms with Gasteiger partial charge in [0.2, 0.25) is 0 Å². The molecule has 4 heteroatoms. The van der Waals surface area contributed by atoms with Crippen molar-refractivity contribution in [3.8, 4) is 0 Å². The van der Waals surface area contributed by atoms with E-state index in [1.54, 1.807) is 0 Å². The maximum Gasteiger partial charge on any atom is 0.187 e. The number of nitrogens with zero attached hydrogens (tertiary/aromatic N) is 1. The van der Waals surface area contributed by atoms with Gasteiger partial charge in [0.25, 0.3) is 0 Å². The zero-order valence-electron chi connectivity index (χ0n) is 10.7. The van der Waals surface area contributed by atoms with Crippen molar-refractivity contribution in [1.29, 1.82) is 0 Å². The van der Waals surface area contributed by atoms with Crippen molar-refractivity contribution in [3.63, 3.8) is 0 Å². The van der Waals surface area contributed by atoms with Crippen LogP contribution in [0.2, 0.25) is 0 Å². The van der Waals surface area contributed by atoms with Crippen molar-refractivity contribution < 1.29 is 0 Å². The van der Waals surface area contributed by atoms with Crippen LogP contribution in [0.5, 0.6) is 0 Å². The number of allylic oxidation sites excluding steroid dienone is 2. The molecule has 0 aromatic carbocycles. The van der Waals surface area contributed by atoms with Crippen LogP contribution < -0.4 is 10.7 Å². The van der Waals surface area contributed by atoms with Crippen LogP contribution in [-0.4, -0.2) is 16.9 Å². The van der Waals surface area contributed by atoms with Gasteiger partial charge in [-0.1, -0.05) is 31.4 Å². The van der Waals surface area contributed by atoms with E-state index < -0.39 is 0 Å². The molecule has 3 aliphatic rings. The molecular formula is C14H21N3S. The predicted molar refractivity (Wildman–Crippen MR) is 78.5 cm³/mol. The summed E-state index contributed by atoms with van der Waals surface area (Å²) in [5.41, 5.74) is 4.31. The number of fused-ring (bicyclic) bond motifs is 1. The normalized spacial score (nSPS) is 33.0. The van der Waals surface area contributed by atoms with Gasteiger partial charge in [0.1, 0.15) is 0 Å². The molecule has 0 saturated heterocycles. The average molecular weight is 263 g/mol. The fourth-order valence-electron chi connectivity index (χ4n) is 3.25. The van der Waals surface area contributed by atoms with Gasteiger partial charge in [-0.05, 0) is 43.8 Å². The molecule has 0 spiro atoms. The highest BCUT2D eigenvalue weighted by atomic mass is 32.1. The zero-order chi connectivity index (χ0) is 12.4. The van der Waals surface area contributed by atoms with Crippen LogP contribution >= 0.6 is 12.2 Å². The van der Waals surface area contributed by atoms with Crippen molar-refractivity contribution >= 4 is 23.0 Å². The number of hydrogen-bond acceptors (Lipinski definition) is 2. The molecule has 2 saturated carbocycles. The minimum Gasteiger partial charge on any atom is -0.359 e. The highest BCUT2D eigenvalue weighted by molar-refractivity contribution is 7.80. The lowest BCUT2D eigenvalue weighted by Crippen LogP contribution is -2.42. The molecule has 2 atom stereocenters. The summed E-state index contributed by atoms with van der Waals surface area (Å²) < 4.78 is 0. The van der Waals surface area contributed by atoms with Gasteiger partial charge in [0.05, 0.1) is 0 Å². The Labute approximate surface area is 114 Å². The Morgan fingerprint density at radius 1 is 1.28 bits per heavy atom. The number of thiocarbonyl (C=S) groups is 1. The lowest BCUT2D eigenvalue weighted by atomic mass is 9.74. The Hall–Kier alpha value is -0.900. The van der Waals surface area contributed by atoms with Gasteiger partial charge in [0.15, 0.2) is 5.11 Å². The van der Waals surface area contributed by atoms with Crippen LogP contribution in [0, 0.1) is 11.8 Å². The molecule has 0 aliphatic heterocycles. The van der Waals surface area contributed by atoms with E-state index in [2.05, 4.69) is 28.0 Å². The molecule has 0 heterocycles. The van der Waals surface area contributed by atoms with E-state index in [0.29, 0.717) is 17.1 Å². The first-order valence-electron chi connectivity index (χ1n) is 7.12. The quantitative estimate of drug-likeness (QED) is 0.457. The summed E-state index contributed by atoms with van der Waals surface area (Å²) in [5, 5.41) is 8.54. The molecule has 3 rings (SSSR count). The van der Waals surface area contributed by atoms with Crippen LogP contribution in [0.25, 0.3) is 0 Å². The summed E-state index contributed by atoms with van der Waals surface area (Å²) in [6.45, 7) is 0. The summed E-state index contributed by atoms with van der Waals surface area (Å²) in [4.78, 5) is 0. The second-order valence-corrected chi connectivity index (χ2v) is 6.07. The Bertz CT molecular complexity index is 383. The molecule has 0 radical (unpaired) electrons. The van der Waals surface area contributed by atoms with Crippen molar-refractivity contribution in [2.45, 2.75) is 51.0 Å². The third-order valence-electron chi connectivity index (χ3n) is 4.40. The summed E-state index contributed by atoms with van der Waals surface area (Å²) in [5.74, 6) is 1.42. The molecule has 2 unspecified atom stereocenters. The van der Waals surface area contributed by atoms with Crippen molar-refractivity contribution in [3.05, 3.63) is 12.2 Å². The smallest absolute Gasteiger partial charge is 0.187 e. The zero-order valence-corrected chi connectivity index (χ0v) is 11.5. The number of rotatable bonds is 2. The SMILES string of the molecule is S=C(N/N=C1/CC2C=CCC12)NC1CCCCC1. The second kappa shape index (κ2) is 5.39. The van der Waals surface area contributed by atoms with Gasteiger partial charge >= 0.3 is 0 Å². The Balaban J connectivity index is 1.43. The minimum absolute atomic E-state index is 0.557. The first-order valence-corrected chi connectivity index (χ1v) is 7.53. The fourth-order valence-corrected chi connectivity index (χ4v) is 3.46. The van der Waals surface area contributed by atoms with E-state index in [4.69, 9.17) is 12.2 Å². The van der Waals surface area contributed by atoms with Crippen LogP contribution in [0.3, 0.4) is 0 Å². The third kappa shape index (κ3) is 2.58. The van der Waals surface area contributed by atoms with E-state index in [1.807, 2.05) is 0 Å². The predicted octanol–water partition coefficient (Wildman–Crippen LogP) is 2.74. The maximum absolute atomic E-state index is 5.30. The number of nitrogens with one attached hydrogen (secondary N) is 2. The highest BCUT2D eigenvalue weighted by Gasteiger charge is 2.37. The van der Waals surface area contributed by atoms with Crippen LogP contribution in [0.15, 0.2) is 17.3 Å². The molecule has 3 nitrogen and oxygen atoms in total. The van der Waals surface area contributed by atoms with E-state index in [9.17, 15) is 0 Å². The van der Waals surface area contributed by atoms with Gasteiger partial charge in [-0.15, -0.1) is 0 Å². The lowest BCUT2D eigenvalue weighted by Gasteiger charge is -2.32. The molecule has 2 fully saturated rings. The van der Waals surface area contributed by atoms with E-state index >= 15 is 0 Å².